The van der Waals surface area contributed by atoms with Crippen LogP contribution in [-0.2, 0) is 9.59 Å². The van der Waals surface area contributed by atoms with Crippen molar-refractivity contribution < 1.29 is 14.4 Å². The van der Waals surface area contributed by atoms with Gasteiger partial charge in [-0.2, -0.15) is 0 Å². The van der Waals surface area contributed by atoms with Gasteiger partial charge in [0, 0.05) is 12.5 Å². The number of rotatable bonds is 3. The van der Waals surface area contributed by atoms with E-state index in [-0.39, 0.29) is 5.78 Å². The number of hydrogen-bond acceptors (Lipinski definition) is 3. The number of Topliss-reactive ketones (excluding diaryl/α,β-unsaturated/α-hetero) is 2. The maximum atomic E-state index is 11.2. The average molecular weight is 205 g/mol. The predicted octanol–water partition coefficient (Wildman–Crippen LogP) is 1.42. The van der Waals surface area contributed by atoms with E-state index >= 15 is 0 Å². The first-order valence-electron chi connectivity index (χ1n) is 4.44. The van der Waals surface area contributed by atoms with Gasteiger partial charge in [0.2, 0.25) is 5.78 Å². The molecule has 0 saturated heterocycles. The summed E-state index contributed by atoms with van der Waals surface area (Å²) in [4.78, 5) is 33.0. The highest BCUT2D eigenvalue weighted by Gasteiger charge is 2.11. The monoisotopic (exact) mass is 205 g/mol. The Labute approximate surface area is 87.3 Å². The quantitative estimate of drug-likeness (QED) is 0.599. The first-order chi connectivity index (χ1) is 7.02. The largest absolute Gasteiger partial charge is 0.319 e. The minimum absolute atomic E-state index is 0.158. The third kappa shape index (κ3) is 2.74. The Morgan fingerprint density at radius 3 is 2.20 bits per heavy atom. The van der Waals surface area contributed by atoms with Crippen molar-refractivity contribution >= 4 is 23.2 Å². The van der Waals surface area contributed by atoms with E-state index < -0.39 is 11.7 Å². The number of anilines is 1. The molecule has 0 aliphatic heterocycles. The fourth-order valence-electron chi connectivity index (χ4n) is 1.11. The predicted molar refractivity (Wildman–Crippen MR) is 55.8 cm³/mol. The van der Waals surface area contributed by atoms with Gasteiger partial charge < -0.3 is 5.32 Å². The molecule has 0 unspecified atom stereocenters. The molecule has 1 aromatic rings. The van der Waals surface area contributed by atoms with Crippen molar-refractivity contribution in [3.05, 3.63) is 29.8 Å². The normalized spacial score (nSPS) is 9.47. The second-order valence-corrected chi connectivity index (χ2v) is 3.11. The molecule has 4 heteroatoms. The van der Waals surface area contributed by atoms with Crippen molar-refractivity contribution in [2.75, 3.05) is 5.32 Å². The maximum Gasteiger partial charge on any atom is 0.291 e. The van der Waals surface area contributed by atoms with E-state index in [0.717, 1.165) is 0 Å². The highest BCUT2D eigenvalue weighted by Crippen LogP contribution is 2.15. The van der Waals surface area contributed by atoms with Crippen LogP contribution in [0.5, 0.6) is 0 Å². The molecular formula is C11H11NO3. The molecule has 0 heterocycles. The highest BCUT2D eigenvalue weighted by atomic mass is 16.2. The topological polar surface area (TPSA) is 63.2 Å². The van der Waals surface area contributed by atoms with Crippen molar-refractivity contribution in [1.29, 1.82) is 0 Å². The van der Waals surface area contributed by atoms with Crippen LogP contribution >= 0.6 is 0 Å². The highest BCUT2D eigenvalue weighted by molar-refractivity contribution is 6.40. The van der Waals surface area contributed by atoms with Crippen molar-refractivity contribution in [2.24, 2.45) is 0 Å². The summed E-state index contributed by atoms with van der Waals surface area (Å²) in [5.41, 5.74) is 0.761. The Balaban J connectivity index is 2.99. The molecule has 1 rings (SSSR count). The summed E-state index contributed by atoms with van der Waals surface area (Å²) in [6.07, 6.45) is 0. The van der Waals surface area contributed by atoms with E-state index in [1.807, 2.05) is 0 Å². The molecule has 0 aromatic heterocycles. The van der Waals surface area contributed by atoms with Gasteiger partial charge in [0.15, 0.2) is 5.78 Å². The van der Waals surface area contributed by atoms with Gasteiger partial charge in [-0.15, -0.1) is 0 Å². The van der Waals surface area contributed by atoms with Crippen molar-refractivity contribution in [2.45, 2.75) is 13.8 Å². The Bertz CT molecular complexity index is 424. The number of carbonyl (C=O) groups excluding carboxylic acids is 3. The van der Waals surface area contributed by atoms with E-state index in [1.54, 1.807) is 24.3 Å². The first-order valence-corrected chi connectivity index (χ1v) is 4.44. The molecular weight excluding hydrogens is 194 g/mol. The van der Waals surface area contributed by atoms with E-state index in [4.69, 9.17) is 0 Å². The van der Waals surface area contributed by atoms with Crippen molar-refractivity contribution in [1.82, 2.24) is 0 Å². The zero-order valence-electron chi connectivity index (χ0n) is 8.53. The molecule has 0 aliphatic carbocycles. The number of para-hydroxylation sites is 1. The minimum Gasteiger partial charge on any atom is -0.319 e. The molecule has 1 aromatic carbocycles. The average Bonchev–Trinajstić information content (AvgIpc) is 2.18. The second-order valence-electron chi connectivity index (χ2n) is 3.11. The molecule has 0 bridgehead atoms. The molecule has 1 N–H and O–H groups in total. The lowest BCUT2D eigenvalue weighted by Crippen LogP contribution is -2.20. The smallest absolute Gasteiger partial charge is 0.291 e. The lowest BCUT2D eigenvalue weighted by atomic mass is 10.1. The summed E-state index contributed by atoms with van der Waals surface area (Å²) in [6, 6.07) is 6.55. The summed E-state index contributed by atoms with van der Waals surface area (Å²) < 4.78 is 0. The molecule has 1 amide bonds. The van der Waals surface area contributed by atoms with E-state index in [0.29, 0.717) is 11.3 Å². The number of ketones is 2. The SMILES string of the molecule is CC(=O)C(=O)Nc1ccccc1C(C)=O. The Morgan fingerprint density at radius 1 is 1.07 bits per heavy atom. The summed E-state index contributed by atoms with van der Waals surface area (Å²) in [5.74, 6) is -1.47. The van der Waals surface area contributed by atoms with Gasteiger partial charge in [-0.25, -0.2) is 0 Å². The molecule has 0 spiro atoms. The van der Waals surface area contributed by atoms with Gasteiger partial charge in [-0.05, 0) is 19.1 Å². The van der Waals surface area contributed by atoms with Crippen LogP contribution in [0.4, 0.5) is 5.69 Å². The zero-order chi connectivity index (χ0) is 11.4. The standard InChI is InChI=1S/C11H11NO3/c1-7(13)9-5-3-4-6-10(9)12-11(15)8(2)14/h3-6H,1-2H3,(H,12,15). The molecule has 0 atom stereocenters. The Morgan fingerprint density at radius 2 is 1.67 bits per heavy atom. The number of amides is 1. The molecule has 0 aliphatic rings. The van der Waals surface area contributed by atoms with Gasteiger partial charge in [0.05, 0.1) is 5.69 Å². The van der Waals surface area contributed by atoms with Crippen LogP contribution < -0.4 is 5.32 Å². The number of carbonyl (C=O) groups is 3. The van der Waals surface area contributed by atoms with Crippen LogP contribution in [-0.4, -0.2) is 17.5 Å². The van der Waals surface area contributed by atoms with E-state index in [2.05, 4.69) is 5.32 Å². The van der Waals surface area contributed by atoms with Crippen molar-refractivity contribution in [3.8, 4) is 0 Å². The molecule has 4 nitrogen and oxygen atoms in total. The van der Waals surface area contributed by atoms with Gasteiger partial charge in [-0.3, -0.25) is 14.4 Å². The van der Waals surface area contributed by atoms with Gasteiger partial charge in [0.1, 0.15) is 0 Å². The first kappa shape index (κ1) is 11.1. The molecule has 15 heavy (non-hydrogen) atoms. The van der Waals surface area contributed by atoms with Crippen LogP contribution in [0.3, 0.4) is 0 Å². The lowest BCUT2D eigenvalue weighted by Gasteiger charge is -2.06. The molecule has 78 valence electrons. The number of hydrogen-bond donors (Lipinski definition) is 1. The Hall–Kier alpha value is -1.97. The van der Waals surface area contributed by atoms with E-state index in [1.165, 1.54) is 13.8 Å². The van der Waals surface area contributed by atoms with E-state index in [9.17, 15) is 14.4 Å². The van der Waals surface area contributed by atoms with Crippen molar-refractivity contribution in [3.63, 3.8) is 0 Å². The molecule has 0 radical (unpaired) electrons. The van der Waals surface area contributed by atoms with Gasteiger partial charge >= 0.3 is 0 Å². The summed E-state index contributed by atoms with van der Waals surface area (Å²) in [6.45, 7) is 2.57. The second kappa shape index (κ2) is 4.50. The zero-order valence-corrected chi connectivity index (χ0v) is 8.53. The molecule has 0 fully saturated rings. The van der Waals surface area contributed by atoms with Gasteiger partial charge in [-0.1, -0.05) is 12.1 Å². The van der Waals surface area contributed by atoms with Crippen LogP contribution in [0.1, 0.15) is 24.2 Å². The fourth-order valence-corrected chi connectivity index (χ4v) is 1.11. The lowest BCUT2D eigenvalue weighted by molar-refractivity contribution is -0.133. The Kier molecular flexibility index (Phi) is 3.33. The molecule has 0 saturated carbocycles. The maximum absolute atomic E-state index is 11.2. The van der Waals surface area contributed by atoms with Crippen LogP contribution in [0.2, 0.25) is 0 Å². The fraction of sp³-hybridized carbons (Fsp3) is 0.182. The van der Waals surface area contributed by atoms with Crippen LogP contribution in [0, 0.1) is 0 Å². The third-order valence-corrected chi connectivity index (χ3v) is 1.87. The number of nitrogens with one attached hydrogen (secondary N) is 1. The third-order valence-electron chi connectivity index (χ3n) is 1.87. The summed E-state index contributed by atoms with van der Waals surface area (Å²) >= 11 is 0. The van der Waals surface area contributed by atoms with Gasteiger partial charge in [0.25, 0.3) is 5.91 Å². The van der Waals surface area contributed by atoms with Crippen LogP contribution in [0.25, 0.3) is 0 Å². The summed E-state index contributed by atoms with van der Waals surface area (Å²) in [5, 5.41) is 2.38. The number of benzene rings is 1. The van der Waals surface area contributed by atoms with Crippen LogP contribution in [0.15, 0.2) is 24.3 Å². The summed E-state index contributed by atoms with van der Waals surface area (Å²) in [7, 11) is 0. The minimum atomic E-state index is -0.719.